The molecule has 0 bridgehead atoms. The maximum Gasteiger partial charge on any atom is 0.157 e. The van der Waals surface area contributed by atoms with Gasteiger partial charge in [0.15, 0.2) is 5.78 Å². The standard InChI is InChI=1S/C11H17NOS/c1-3-6-11(2,12)10(13)8-9-5-4-7-14-9/h4-5,7H,3,6,8,12H2,1-2H3. The number of hydrogen-bond acceptors (Lipinski definition) is 3. The molecule has 78 valence electrons. The molecule has 2 N–H and O–H groups in total. The highest BCUT2D eigenvalue weighted by atomic mass is 32.1. The third-order valence-corrected chi connectivity index (χ3v) is 3.20. The lowest BCUT2D eigenvalue weighted by atomic mass is 9.90. The number of rotatable bonds is 5. The lowest BCUT2D eigenvalue weighted by Crippen LogP contribution is -2.45. The van der Waals surface area contributed by atoms with Crippen molar-refractivity contribution < 1.29 is 4.79 Å². The molecule has 0 fully saturated rings. The zero-order chi connectivity index (χ0) is 10.6. The summed E-state index contributed by atoms with van der Waals surface area (Å²) in [7, 11) is 0. The molecule has 0 aromatic carbocycles. The van der Waals surface area contributed by atoms with Crippen LogP contribution >= 0.6 is 11.3 Å². The van der Waals surface area contributed by atoms with Gasteiger partial charge in [-0.15, -0.1) is 11.3 Å². The van der Waals surface area contributed by atoms with Gasteiger partial charge < -0.3 is 5.73 Å². The Morgan fingerprint density at radius 1 is 1.64 bits per heavy atom. The van der Waals surface area contributed by atoms with Crippen LogP contribution in [0.25, 0.3) is 0 Å². The second kappa shape index (κ2) is 4.71. The first-order valence-corrected chi connectivity index (χ1v) is 5.79. The van der Waals surface area contributed by atoms with Crippen molar-refractivity contribution in [1.29, 1.82) is 0 Å². The van der Waals surface area contributed by atoms with Crippen LogP contribution in [0.3, 0.4) is 0 Å². The van der Waals surface area contributed by atoms with E-state index in [1.54, 1.807) is 11.3 Å². The monoisotopic (exact) mass is 211 g/mol. The molecule has 0 saturated carbocycles. The third kappa shape index (κ3) is 2.93. The van der Waals surface area contributed by atoms with Crippen molar-refractivity contribution in [2.75, 3.05) is 0 Å². The predicted molar refractivity (Wildman–Crippen MR) is 60.5 cm³/mol. The fraction of sp³-hybridized carbons (Fsp3) is 0.545. The summed E-state index contributed by atoms with van der Waals surface area (Å²) in [5.41, 5.74) is 5.29. The van der Waals surface area contributed by atoms with Crippen LogP contribution in [-0.2, 0) is 11.2 Å². The van der Waals surface area contributed by atoms with Gasteiger partial charge in [0.25, 0.3) is 0 Å². The van der Waals surface area contributed by atoms with Gasteiger partial charge in [-0.2, -0.15) is 0 Å². The molecule has 0 radical (unpaired) electrons. The van der Waals surface area contributed by atoms with E-state index >= 15 is 0 Å². The number of nitrogens with two attached hydrogens (primary N) is 1. The van der Waals surface area contributed by atoms with E-state index < -0.39 is 5.54 Å². The highest BCUT2D eigenvalue weighted by Crippen LogP contribution is 2.16. The van der Waals surface area contributed by atoms with Gasteiger partial charge in [-0.05, 0) is 24.8 Å². The zero-order valence-electron chi connectivity index (χ0n) is 8.75. The van der Waals surface area contributed by atoms with Crippen LogP contribution in [0, 0.1) is 0 Å². The van der Waals surface area contributed by atoms with E-state index in [2.05, 4.69) is 0 Å². The van der Waals surface area contributed by atoms with Gasteiger partial charge in [-0.25, -0.2) is 0 Å². The normalized spacial score (nSPS) is 15.1. The average Bonchev–Trinajstić information content (AvgIpc) is 2.56. The van der Waals surface area contributed by atoms with Crippen molar-refractivity contribution in [2.24, 2.45) is 5.73 Å². The molecule has 0 aliphatic rings. The predicted octanol–water partition coefficient (Wildman–Crippen LogP) is 2.38. The molecule has 3 heteroatoms. The molecule has 1 atom stereocenters. The number of carbonyl (C=O) groups excluding carboxylic acids is 1. The molecule has 0 aliphatic heterocycles. The van der Waals surface area contributed by atoms with Crippen molar-refractivity contribution in [3.8, 4) is 0 Å². The van der Waals surface area contributed by atoms with E-state index in [9.17, 15) is 4.79 Å². The maximum absolute atomic E-state index is 11.8. The number of hydrogen-bond donors (Lipinski definition) is 1. The van der Waals surface area contributed by atoms with Crippen molar-refractivity contribution in [3.05, 3.63) is 22.4 Å². The summed E-state index contributed by atoms with van der Waals surface area (Å²) in [4.78, 5) is 12.9. The Morgan fingerprint density at radius 2 is 2.36 bits per heavy atom. The maximum atomic E-state index is 11.8. The Balaban J connectivity index is 2.57. The van der Waals surface area contributed by atoms with Crippen LogP contribution < -0.4 is 5.73 Å². The van der Waals surface area contributed by atoms with Crippen molar-refractivity contribution in [2.45, 2.75) is 38.6 Å². The van der Waals surface area contributed by atoms with Gasteiger partial charge in [0.2, 0.25) is 0 Å². The highest BCUT2D eigenvalue weighted by Gasteiger charge is 2.26. The molecular weight excluding hydrogens is 194 g/mol. The minimum absolute atomic E-state index is 0.141. The zero-order valence-corrected chi connectivity index (χ0v) is 9.56. The lowest BCUT2D eigenvalue weighted by Gasteiger charge is -2.21. The Kier molecular flexibility index (Phi) is 3.84. The number of Topliss-reactive ketones (excluding diaryl/α,β-unsaturated/α-hetero) is 1. The minimum Gasteiger partial charge on any atom is -0.319 e. The van der Waals surface area contributed by atoms with Gasteiger partial charge >= 0.3 is 0 Å². The molecule has 1 aromatic rings. The third-order valence-electron chi connectivity index (χ3n) is 2.32. The Morgan fingerprint density at radius 3 is 2.86 bits per heavy atom. The number of ketones is 1. The summed E-state index contributed by atoms with van der Waals surface area (Å²) < 4.78 is 0. The van der Waals surface area contributed by atoms with Gasteiger partial charge in [-0.3, -0.25) is 4.79 Å². The summed E-state index contributed by atoms with van der Waals surface area (Å²) >= 11 is 1.61. The molecule has 14 heavy (non-hydrogen) atoms. The van der Waals surface area contributed by atoms with E-state index in [1.165, 1.54) is 0 Å². The Bertz CT molecular complexity index is 290. The second-order valence-corrected chi connectivity index (χ2v) is 4.88. The first-order chi connectivity index (χ1) is 6.56. The summed E-state index contributed by atoms with van der Waals surface area (Å²) in [6.07, 6.45) is 2.19. The lowest BCUT2D eigenvalue weighted by molar-refractivity contribution is -0.123. The van der Waals surface area contributed by atoms with E-state index in [1.807, 2.05) is 31.4 Å². The fourth-order valence-corrected chi connectivity index (χ4v) is 2.14. The molecule has 0 amide bonds. The second-order valence-electron chi connectivity index (χ2n) is 3.85. The first kappa shape index (κ1) is 11.4. The minimum atomic E-state index is -0.654. The topological polar surface area (TPSA) is 43.1 Å². The molecular formula is C11H17NOS. The SMILES string of the molecule is CCCC(C)(N)C(=O)Cc1cccs1. The largest absolute Gasteiger partial charge is 0.319 e. The smallest absolute Gasteiger partial charge is 0.157 e. The first-order valence-electron chi connectivity index (χ1n) is 4.91. The van der Waals surface area contributed by atoms with Crippen LogP contribution in [0.4, 0.5) is 0 Å². The molecule has 0 spiro atoms. The van der Waals surface area contributed by atoms with Crippen molar-refractivity contribution >= 4 is 17.1 Å². The van der Waals surface area contributed by atoms with Gasteiger partial charge in [0, 0.05) is 11.3 Å². The van der Waals surface area contributed by atoms with Crippen LogP contribution in [0.1, 0.15) is 31.6 Å². The van der Waals surface area contributed by atoms with Crippen molar-refractivity contribution in [3.63, 3.8) is 0 Å². The van der Waals surface area contributed by atoms with E-state index in [-0.39, 0.29) is 5.78 Å². The quantitative estimate of drug-likeness (QED) is 0.812. The molecule has 1 unspecified atom stereocenters. The van der Waals surface area contributed by atoms with E-state index in [0.717, 1.165) is 17.7 Å². The van der Waals surface area contributed by atoms with Gasteiger partial charge in [-0.1, -0.05) is 19.4 Å². The number of thiophene rings is 1. The Labute approximate surface area is 89.1 Å². The molecule has 0 aliphatic carbocycles. The highest BCUT2D eigenvalue weighted by molar-refractivity contribution is 7.10. The fourth-order valence-electron chi connectivity index (χ4n) is 1.43. The van der Waals surface area contributed by atoms with Gasteiger partial charge in [0.1, 0.15) is 0 Å². The van der Waals surface area contributed by atoms with Crippen LogP contribution in [0.2, 0.25) is 0 Å². The van der Waals surface area contributed by atoms with Gasteiger partial charge in [0.05, 0.1) is 5.54 Å². The number of carbonyl (C=O) groups is 1. The van der Waals surface area contributed by atoms with Crippen LogP contribution in [-0.4, -0.2) is 11.3 Å². The van der Waals surface area contributed by atoms with Crippen LogP contribution in [0.15, 0.2) is 17.5 Å². The van der Waals surface area contributed by atoms with E-state index in [4.69, 9.17) is 5.73 Å². The summed E-state index contributed by atoms with van der Waals surface area (Å²) in [6.45, 7) is 3.87. The summed E-state index contributed by atoms with van der Waals surface area (Å²) in [5, 5.41) is 1.98. The molecule has 2 nitrogen and oxygen atoms in total. The summed E-state index contributed by atoms with van der Waals surface area (Å²) in [6, 6.07) is 3.94. The summed E-state index contributed by atoms with van der Waals surface area (Å²) in [5.74, 6) is 0.141. The average molecular weight is 211 g/mol. The molecule has 1 rings (SSSR count). The molecule has 1 aromatic heterocycles. The Hall–Kier alpha value is -0.670. The molecule has 0 saturated heterocycles. The van der Waals surface area contributed by atoms with Crippen LogP contribution in [0.5, 0.6) is 0 Å². The molecule has 1 heterocycles. The van der Waals surface area contributed by atoms with Crippen molar-refractivity contribution in [1.82, 2.24) is 0 Å². The van der Waals surface area contributed by atoms with E-state index in [0.29, 0.717) is 6.42 Å².